The second kappa shape index (κ2) is 6.52. The number of nitrogens with zero attached hydrogens (tertiary/aromatic N) is 1. The number of hydrogen-bond acceptors (Lipinski definition) is 5. The van der Waals surface area contributed by atoms with E-state index in [1.165, 1.54) is 12.1 Å². The Labute approximate surface area is 140 Å². The molecule has 1 saturated heterocycles. The summed E-state index contributed by atoms with van der Waals surface area (Å²) in [6.07, 6.45) is -1.52. The van der Waals surface area contributed by atoms with E-state index in [1.54, 1.807) is 24.3 Å². The lowest BCUT2D eigenvalue weighted by atomic mass is 10.2. The number of para-hydroxylation sites is 1. The summed E-state index contributed by atoms with van der Waals surface area (Å²) < 4.78 is 36.5. The van der Waals surface area contributed by atoms with E-state index in [4.69, 9.17) is 9.47 Å². The number of sulfonamides is 1. The summed E-state index contributed by atoms with van der Waals surface area (Å²) in [5.41, 5.74) is 0.937. The van der Waals surface area contributed by atoms with Crippen LogP contribution in [0.25, 0.3) is 0 Å². The van der Waals surface area contributed by atoms with Gasteiger partial charge in [-0.3, -0.25) is 0 Å². The molecule has 2 aromatic rings. The van der Waals surface area contributed by atoms with Gasteiger partial charge in [0.25, 0.3) is 10.0 Å². The van der Waals surface area contributed by atoms with Gasteiger partial charge < -0.3 is 9.47 Å². The maximum absolute atomic E-state index is 12.6. The highest BCUT2D eigenvalue weighted by Crippen LogP contribution is 2.23. The largest absolute Gasteiger partial charge is 0.490 e. The summed E-state index contributed by atoms with van der Waals surface area (Å²) in [5, 5.41) is 0. The molecular weight excluding hydrogens is 330 g/mol. The van der Waals surface area contributed by atoms with Crippen LogP contribution in [0.4, 0.5) is 4.79 Å². The van der Waals surface area contributed by atoms with Crippen molar-refractivity contribution in [2.24, 2.45) is 0 Å². The quantitative estimate of drug-likeness (QED) is 0.831. The fourth-order valence-electron chi connectivity index (χ4n) is 2.32. The first kappa shape index (κ1) is 16.3. The number of rotatable bonds is 5. The molecule has 0 N–H and O–H groups in total. The van der Waals surface area contributed by atoms with E-state index in [-0.39, 0.29) is 18.0 Å². The molecule has 0 radical (unpaired) electrons. The van der Waals surface area contributed by atoms with Gasteiger partial charge in [0.05, 0.1) is 11.4 Å². The van der Waals surface area contributed by atoms with Crippen molar-refractivity contribution in [3.63, 3.8) is 0 Å². The molecule has 24 heavy (non-hydrogen) atoms. The normalized spacial score (nSPS) is 17.6. The molecule has 0 saturated carbocycles. The fraction of sp³-hybridized carbons (Fsp3) is 0.235. The number of ether oxygens (including phenoxy) is 2. The van der Waals surface area contributed by atoms with E-state index in [0.717, 1.165) is 9.87 Å². The number of cyclic esters (lactones) is 1. The standard InChI is InChI=1S/C17H17NO5S/c1-13-7-9-16(10-8-13)24(20,21)18-11-15(23-17(18)19)12-22-14-5-3-2-4-6-14/h2-10,15H,11-12H2,1H3. The number of aryl methyl sites for hydroxylation is 1. The summed E-state index contributed by atoms with van der Waals surface area (Å²) in [6, 6.07) is 15.4. The van der Waals surface area contributed by atoms with Gasteiger partial charge >= 0.3 is 6.09 Å². The zero-order valence-corrected chi connectivity index (χ0v) is 13.9. The third-order valence-corrected chi connectivity index (χ3v) is 5.37. The van der Waals surface area contributed by atoms with Crippen molar-refractivity contribution >= 4 is 16.1 Å². The predicted molar refractivity (Wildman–Crippen MR) is 87.3 cm³/mol. The highest BCUT2D eigenvalue weighted by molar-refractivity contribution is 7.89. The zero-order chi connectivity index (χ0) is 17.2. The SMILES string of the molecule is Cc1ccc(S(=O)(=O)N2CC(COc3ccccc3)OC2=O)cc1. The van der Waals surface area contributed by atoms with Crippen molar-refractivity contribution in [1.82, 2.24) is 4.31 Å². The lowest BCUT2D eigenvalue weighted by molar-refractivity contribution is 0.104. The maximum atomic E-state index is 12.6. The molecule has 1 aliphatic rings. The first-order valence-corrected chi connectivity index (χ1v) is 8.89. The Morgan fingerprint density at radius 3 is 2.46 bits per heavy atom. The molecule has 126 valence electrons. The van der Waals surface area contributed by atoms with Crippen molar-refractivity contribution in [2.45, 2.75) is 17.9 Å². The second-order valence-corrected chi connectivity index (χ2v) is 7.34. The minimum Gasteiger partial charge on any atom is -0.490 e. The van der Waals surface area contributed by atoms with Crippen LogP contribution in [-0.2, 0) is 14.8 Å². The fourth-order valence-corrected chi connectivity index (χ4v) is 3.66. The Hall–Kier alpha value is -2.54. The Morgan fingerprint density at radius 1 is 1.12 bits per heavy atom. The summed E-state index contributed by atoms with van der Waals surface area (Å²) in [5.74, 6) is 0.633. The Bertz CT molecular complexity index is 818. The lowest BCUT2D eigenvalue weighted by Gasteiger charge is -2.14. The van der Waals surface area contributed by atoms with Crippen molar-refractivity contribution in [3.8, 4) is 5.75 Å². The number of benzene rings is 2. The number of carbonyl (C=O) groups excluding carboxylic acids is 1. The number of carbonyl (C=O) groups is 1. The van der Waals surface area contributed by atoms with E-state index in [9.17, 15) is 13.2 Å². The van der Waals surface area contributed by atoms with Gasteiger partial charge in [-0.2, -0.15) is 4.31 Å². The molecule has 6 nitrogen and oxygen atoms in total. The number of hydrogen-bond donors (Lipinski definition) is 0. The molecule has 1 aliphatic heterocycles. The minimum atomic E-state index is -3.92. The Morgan fingerprint density at radius 2 is 1.79 bits per heavy atom. The van der Waals surface area contributed by atoms with E-state index in [1.807, 2.05) is 25.1 Å². The van der Waals surface area contributed by atoms with Crippen LogP contribution in [0.15, 0.2) is 59.5 Å². The molecule has 0 spiro atoms. The van der Waals surface area contributed by atoms with Crippen LogP contribution in [0, 0.1) is 6.92 Å². The Balaban J connectivity index is 1.69. The van der Waals surface area contributed by atoms with E-state index in [0.29, 0.717) is 5.75 Å². The van der Waals surface area contributed by atoms with Gasteiger partial charge in [0.2, 0.25) is 0 Å². The van der Waals surface area contributed by atoms with E-state index in [2.05, 4.69) is 0 Å². The molecule has 1 heterocycles. The van der Waals surface area contributed by atoms with Crippen LogP contribution in [0.3, 0.4) is 0 Å². The van der Waals surface area contributed by atoms with Crippen molar-refractivity contribution in [1.29, 1.82) is 0 Å². The summed E-state index contributed by atoms with van der Waals surface area (Å²) >= 11 is 0. The molecule has 0 aliphatic carbocycles. The first-order chi connectivity index (χ1) is 11.5. The highest BCUT2D eigenvalue weighted by Gasteiger charge is 2.40. The van der Waals surface area contributed by atoms with Crippen molar-refractivity contribution < 1.29 is 22.7 Å². The summed E-state index contributed by atoms with van der Waals surface area (Å²) in [4.78, 5) is 12.0. The molecule has 7 heteroatoms. The highest BCUT2D eigenvalue weighted by atomic mass is 32.2. The smallest absolute Gasteiger partial charge is 0.424 e. The zero-order valence-electron chi connectivity index (χ0n) is 13.1. The molecule has 2 aromatic carbocycles. The summed E-state index contributed by atoms with van der Waals surface area (Å²) in [7, 11) is -3.92. The number of amides is 1. The molecule has 1 atom stereocenters. The predicted octanol–water partition coefficient (Wildman–Crippen LogP) is 2.58. The van der Waals surface area contributed by atoms with Crippen molar-refractivity contribution in [2.75, 3.05) is 13.2 Å². The second-order valence-electron chi connectivity index (χ2n) is 5.48. The first-order valence-electron chi connectivity index (χ1n) is 7.45. The van der Waals surface area contributed by atoms with Gasteiger partial charge in [0, 0.05) is 0 Å². The molecule has 1 fully saturated rings. The molecule has 0 bridgehead atoms. The van der Waals surface area contributed by atoms with E-state index < -0.39 is 22.2 Å². The monoisotopic (exact) mass is 347 g/mol. The van der Waals surface area contributed by atoms with Crippen LogP contribution in [0.5, 0.6) is 5.75 Å². The van der Waals surface area contributed by atoms with Crippen molar-refractivity contribution in [3.05, 3.63) is 60.2 Å². The van der Waals surface area contributed by atoms with Gasteiger partial charge in [-0.25, -0.2) is 13.2 Å². The third-order valence-electron chi connectivity index (χ3n) is 3.63. The lowest BCUT2D eigenvalue weighted by Crippen LogP contribution is -2.33. The van der Waals surface area contributed by atoms with Gasteiger partial charge in [-0.05, 0) is 31.2 Å². The van der Waals surface area contributed by atoms with Crippen LogP contribution in [-0.4, -0.2) is 38.1 Å². The van der Waals surface area contributed by atoms with Gasteiger partial charge in [0.1, 0.15) is 12.4 Å². The Kier molecular flexibility index (Phi) is 4.44. The van der Waals surface area contributed by atoms with Crippen LogP contribution >= 0.6 is 0 Å². The molecule has 0 aromatic heterocycles. The molecule has 1 amide bonds. The van der Waals surface area contributed by atoms with Gasteiger partial charge in [-0.15, -0.1) is 0 Å². The van der Waals surface area contributed by atoms with Crippen LogP contribution in [0.2, 0.25) is 0 Å². The topological polar surface area (TPSA) is 72.9 Å². The van der Waals surface area contributed by atoms with E-state index >= 15 is 0 Å². The summed E-state index contributed by atoms with van der Waals surface area (Å²) in [6.45, 7) is 1.88. The molecule has 3 rings (SSSR count). The average Bonchev–Trinajstić information content (AvgIpc) is 2.96. The molecular formula is C17H17NO5S. The van der Waals surface area contributed by atoms with Gasteiger partial charge in [-0.1, -0.05) is 35.9 Å². The third kappa shape index (κ3) is 3.35. The van der Waals surface area contributed by atoms with Crippen LogP contribution < -0.4 is 4.74 Å². The van der Waals surface area contributed by atoms with Crippen LogP contribution in [0.1, 0.15) is 5.56 Å². The van der Waals surface area contributed by atoms with Gasteiger partial charge in [0.15, 0.2) is 6.10 Å². The minimum absolute atomic E-state index is 0.0645. The maximum Gasteiger partial charge on any atom is 0.424 e. The molecule has 1 unspecified atom stereocenters. The average molecular weight is 347 g/mol.